The lowest BCUT2D eigenvalue weighted by Crippen LogP contribution is -2.37. The molecule has 0 aromatic heterocycles. The number of hydrogen-bond donors (Lipinski definition) is 1. The molecule has 0 bridgehead atoms. The summed E-state index contributed by atoms with van der Waals surface area (Å²) in [6.07, 6.45) is 6.28. The minimum absolute atomic E-state index is 0.437. The molecule has 2 atom stereocenters. The van der Waals surface area contributed by atoms with E-state index in [1.165, 1.54) is 0 Å². The zero-order valence-corrected chi connectivity index (χ0v) is 7.67. The molecule has 1 heteroatoms. The van der Waals surface area contributed by atoms with Gasteiger partial charge in [-0.3, -0.25) is 0 Å². The van der Waals surface area contributed by atoms with Crippen LogP contribution in [0.5, 0.6) is 0 Å². The van der Waals surface area contributed by atoms with E-state index in [9.17, 15) is 5.11 Å². The fraction of sp³-hybridized carbons (Fsp3) is 0.800. The molecule has 1 N–H and O–H groups in total. The van der Waals surface area contributed by atoms with Gasteiger partial charge in [-0.05, 0) is 31.6 Å². The van der Waals surface area contributed by atoms with Gasteiger partial charge in [0.25, 0.3) is 0 Å². The maximum absolute atomic E-state index is 9.92. The third-order valence-electron chi connectivity index (χ3n) is 2.66. The molecule has 1 aliphatic rings. The zero-order valence-electron chi connectivity index (χ0n) is 7.67. The second kappa shape index (κ2) is 2.98. The van der Waals surface area contributed by atoms with Crippen molar-refractivity contribution in [3.8, 4) is 0 Å². The summed E-state index contributed by atoms with van der Waals surface area (Å²) in [4.78, 5) is 0. The van der Waals surface area contributed by atoms with E-state index in [1.807, 2.05) is 13.0 Å². The van der Waals surface area contributed by atoms with E-state index < -0.39 is 5.60 Å². The van der Waals surface area contributed by atoms with E-state index in [-0.39, 0.29) is 0 Å². The molecule has 0 fully saturated rings. The first-order chi connectivity index (χ1) is 5.04. The molecule has 0 aromatic carbocycles. The van der Waals surface area contributed by atoms with Gasteiger partial charge in [0.15, 0.2) is 0 Å². The van der Waals surface area contributed by atoms with Crippen LogP contribution in [-0.2, 0) is 0 Å². The van der Waals surface area contributed by atoms with Crippen molar-refractivity contribution in [3.63, 3.8) is 0 Å². The third-order valence-corrected chi connectivity index (χ3v) is 2.66. The van der Waals surface area contributed by atoms with Gasteiger partial charge in [0.2, 0.25) is 0 Å². The molecule has 11 heavy (non-hydrogen) atoms. The van der Waals surface area contributed by atoms with Crippen LogP contribution < -0.4 is 0 Å². The molecule has 1 nitrogen and oxygen atoms in total. The Morgan fingerprint density at radius 1 is 1.55 bits per heavy atom. The van der Waals surface area contributed by atoms with Gasteiger partial charge in [-0.2, -0.15) is 0 Å². The summed E-state index contributed by atoms with van der Waals surface area (Å²) in [6, 6.07) is 0. The predicted molar refractivity (Wildman–Crippen MR) is 47.3 cm³/mol. The molecule has 0 radical (unpaired) electrons. The highest BCUT2D eigenvalue weighted by molar-refractivity contribution is 5.06. The fourth-order valence-electron chi connectivity index (χ4n) is 2.02. The topological polar surface area (TPSA) is 20.2 Å². The predicted octanol–water partition coefficient (Wildman–Crippen LogP) is 2.36. The molecule has 0 amide bonds. The Morgan fingerprint density at radius 2 is 2.18 bits per heavy atom. The van der Waals surface area contributed by atoms with E-state index in [0.29, 0.717) is 11.8 Å². The zero-order chi connectivity index (χ0) is 8.48. The Morgan fingerprint density at radius 3 is 2.55 bits per heavy atom. The molecule has 0 heterocycles. The molecule has 0 aliphatic heterocycles. The first-order valence-electron chi connectivity index (χ1n) is 4.44. The van der Waals surface area contributed by atoms with Crippen molar-refractivity contribution < 1.29 is 5.11 Å². The van der Waals surface area contributed by atoms with Crippen molar-refractivity contribution in [2.24, 2.45) is 11.8 Å². The summed E-state index contributed by atoms with van der Waals surface area (Å²) >= 11 is 0. The Kier molecular flexibility index (Phi) is 2.38. The average molecular weight is 154 g/mol. The third kappa shape index (κ3) is 1.84. The molecular formula is C10H18O. The summed E-state index contributed by atoms with van der Waals surface area (Å²) in [5.74, 6) is 1.02. The van der Waals surface area contributed by atoms with Gasteiger partial charge < -0.3 is 5.11 Å². The normalized spacial score (nSPS) is 38.1. The number of allylic oxidation sites excluding steroid dienone is 1. The number of hydrogen-bond acceptors (Lipinski definition) is 1. The van der Waals surface area contributed by atoms with Crippen LogP contribution in [0.3, 0.4) is 0 Å². The number of rotatable bonds is 1. The van der Waals surface area contributed by atoms with Gasteiger partial charge in [0.05, 0.1) is 5.60 Å². The van der Waals surface area contributed by atoms with Gasteiger partial charge in [0, 0.05) is 0 Å². The van der Waals surface area contributed by atoms with Crippen LogP contribution in [0, 0.1) is 11.8 Å². The van der Waals surface area contributed by atoms with E-state index in [2.05, 4.69) is 19.9 Å². The van der Waals surface area contributed by atoms with Crippen LogP contribution in [0.25, 0.3) is 0 Å². The first-order valence-corrected chi connectivity index (χ1v) is 4.44. The highest BCUT2D eigenvalue weighted by Crippen LogP contribution is 2.33. The Hall–Kier alpha value is -0.300. The van der Waals surface area contributed by atoms with Crippen molar-refractivity contribution in [1.29, 1.82) is 0 Å². The maximum Gasteiger partial charge on any atom is 0.0830 e. The van der Waals surface area contributed by atoms with Crippen molar-refractivity contribution in [1.82, 2.24) is 0 Å². The van der Waals surface area contributed by atoms with E-state index in [0.717, 1.165) is 12.8 Å². The summed E-state index contributed by atoms with van der Waals surface area (Å²) in [5, 5.41) is 9.92. The lowest BCUT2D eigenvalue weighted by Gasteiger charge is -2.35. The first kappa shape index (κ1) is 8.79. The minimum Gasteiger partial charge on any atom is -0.386 e. The fourth-order valence-corrected chi connectivity index (χ4v) is 2.02. The molecule has 0 saturated heterocycles. The van der Waals surface area contributed by atoms with Crippen LogP contribution in [0.2, 0.25) is 0 Å². The SMILES string of the molecule is CC(C)C1CCC=CC1(C)O. The molecule has 0 spiro atoms. The monoisotopic (exact) mass is 154 g/mol. The molecular weight excluding hydrogens is 136 g/mol. The Bertz CT molecular complexity index is 156. The quantitative estimate of drug-likeness (QED) is 0.575. The second-order valence-corrected chi connectivity index (χ2v) is 4.06. The summed E-state index contributed by atoms with van der Waals surface area (Å²) in [7, 11) is 0. The van der Waals surface area contributed by atoms with E-state index in [4.69, 9.17) is 0 Å². The van der Waals surface area contributed by atoms with Crippen LogP contribution >= 0.6 is 0 Å². The molecule has 64 valence electrons. The van der Waals surface area contributed by atoms with Crippen molar-refractivity contribution >= 4 is 0 Å². The second-order valence-electron chi connectivity index (χ2n) is 4.06. The molecule has 0 aromatic rings. The Balaban J connectivity index is 2.72. The van der Waals surface area contributed by atoms with E-state index in [1.54, 1.807) is 0 Å². The smallest absolute Gasteiger partial charge is 0.0830 e. The van der Waals surface area contributed by atoms with Gasteiger partial charge in [0.1, 0.15) is 0 Å². The lowest BCUT2D eigenvalue weighted by atomic mass is 9.75. The highest BCUT2D eigenvalue weighted by Gasteiger charge is 2.32. The van der Waals surface area contributed by atoms with Crippen molar-refractivity contribution in [2.45, 2.75) is 39.2 Å². The van der Waals surface area contributed by atoms with Crippen LogP contribution in [-0.4, -0.2) is 10.7 Å². The number of aliphatic hydroxyl groups is 1. The average Bonchev–Trinajstić information content (AvgIpc) is 1.85. The van der Waals surface area contributed by atoms with Gasteiger partial charge in [-0.1, -0.05) is 26.0 Å². The van der Waals surface area contributed by atoms with E-state index >= 15 is 0 Å². The summed E-state index contributed by atoms with van der Waals surface area (Å²) in [6.45, 7) is 6.27. The minimum atomic E-state index is -0.563. The van der Waals surface area contributed by atoms with Crippen LogP contribution in [0.4, 0.5) is 0 Å². The van der Waals surface area contributed by atoms with Crippen LogP contribution in [0.15, 0.2) is 12.2 Å². The molecule has 2 unspecified atom stereocenters. The van der Waals surface area contributed by atoms with Gasteiger partial charge in [-0.25, -0.2) is 0 Å². The van der Waals surface area contributed by atoms with Crippen molar-refractivity contribution in [3.05, 3.63) is 12.2 Å². The Labute approximate surface area is 69.1 Å². The maximum atomic E-state index is 9.92. The highest BCUT2D eigenvalue weighted by atomic mass is 16.3. The largest absolute Gasteiger partial charge is 0.386 e. The van der Waals surface area contributed by atoms with Gasteiger partial charge >= 0.3 is 0 Å². The molecule has 1 rings (SSSR count). The van der Waals surface area contributed by atoms with Crippen molar-refractivity contribution in [2.75, 3.05) is 0 Å². The summed E-state index contributed by atoms with van der Waals surface area (Å²) in [5.41, 5.74) is -0.563. The molecule has 1 aliphatic carbocycles. The van der Waals surface area contributed by atoms with Crippen LogP contribution in [0.1, 0.15) is 33.6 Å². The van der Waals surface area contributed by atoms with Gasteiger partial charge in [-0.15, -0.1) is 0 Å². The lowest BCUT2D eigenvalue weighted by molar-refractivity contribution is 0.0141. The summed E-state index contributed by atoms with van der Waals surface area (Å²) < 4.78 is 0. The standard InChI is InChI=1S/C10H18O/c1-8(2)9-6-4-5-7-10(9,3)11/h5,7-9,11H,4,6H2,1-3H3. The molecule has 0 saturated carbocycles.